The van der Waals surface area contributed by atoms with Crippen molar-refractivity contribution < 1.29 is 14.3 Å². The van der Waals surface area contributed by atoms with Gasteiger partial charge in [0.1, 0.15) is 11.5 Å². The van der Waals surface area contributed by atoms with E-state index in [4.69, 9.17) is 32.7 Å². The minimum absolute atomic E-state index is 0.286. The summed E-state index contributed by atoms with van der Waals surface area (Å²) in [5.41, 5.74) is 0.770. The number of carbonyl (C=O) groups excluding carboxylic acids is 1. The number of benzene rings is 2. The number of methoxy groups -OCH3 is 2. The molecule has 1 amide bonds. The standard InChI is InChI=1S/C15H13Cl2NO3/c1-20-10-4-6-14(21-2)13(8-10)18-15(19)11-7-9(16)3-5-12(11)17/h3-8H,1-2H3,(H,18,19). The van der Waals surface area contributed by atoms with Gasteiger partial charge in [-0.05, 0) is 30.3 Å². The summed E-state index contributed by atoms with van der Waals surface area (Å²) >= 11 is 11.9. The van der Waals surface area contributed by atoms with E-state index in [9.17, 15) is 4.79 Å². The summed E-state index contributed by atoms with van der Waals surface area (Å²) < 4.78 is 10.3. The third-order valence-corrected chi connectivity index (χ3v) is 3.39. The second-order valence-corrected chi connectivity index (χ2v) is 4.99. The summed E-state index contributed by atoms with van der Waals surface area (Å²) in [7, 11) is 3.06. The van der Waals surface area contributed by atoms with Crippen molar-refractivity contribution in [1.82, 2.24) is 0 Å². The molecule has 21 heavy (non-hydrogen) atoms. The Kier molecular flexibility index (Phi) is 4.94. The lowest BCUT2D eigenvalue weighted by Gasteiger charge is -2.12. The first-order valence-corrected chi connectivity index (χ1v) is 6.79. The topological polar surface area (TPSA) is 47.6 Å². The van der Waals surface area contributed by atoms with Crippen molar-refractivity contribution in [1.29, 1.82) is 0 Å². The molecule has 2 rings (SSSR count). The van der Waals surface area contributed by atoms with Gasteiger partial charge in [-0.1, -0.05) is 23.2 Å². The molecule has 2 aromatic rings. The normalized spacial score (nSPS) is 10.1. The number of halogens is 2. The number of ether oxygens (including phenoxy) is 2. The van der Waals surface area contributed by atoms with E-state index < -0.39 is 0 Å². The molecule has 0 aliphatic rings. The SMILES string of the molecule is COc1ccc(OC)c(NC(=O)c2cc(Cl)ccc2Cl)c1. The van der Waals surface area contributed by atoms with Crippen LogP contribution in [-0.4, -0.2) is 20.1 Å². The summed E-state index contributed by atoms with van der Waals surface area (Å²) in [5.74, 6) is 0.736. The lowest BCUT2D eigenvalue weighted by atomic mass is 10.2. The molecule has 4 nitrogen and oxygen atoms in total. The molecule has 0 spiro atoms. The highest BCUT2D eigenvalue weighted by Crippen LogP contribution is 2.30. The van der Waals surface area contributed by atoms with E-state index in [0.29, 0.717) is 27.2 Å². The molecule has 2 aromatic carbocycles. The van der Waals surface area contributed by atoms with Gasteiger partial charge in [-0.15, -0.1) is 0 Å². The van der Waals surface area contributed by atoms with Crippen molar-refractivity contribution in [3.8, 4) is 11.5 Å². The Morgan fingerprint density at radius 3 is 2.48 bits per heavy atom. The molecular formula is C15H13Cl2NO3. The van der Waals surface area contributed by atoms with Gasteiger partial charge in [0.2, 0.25) is 0 Å². The van der Waals surface area contributed by atoms with Crippen LogP contribution in [0.2, 0.25) is 10.0 Å². The monoisotopic (exact) mass is 325 g/mol. The Hall–Kier alpha value is -1.91. The highest BCUT2D eigenvalue weighted by Gasteiger charge is 2.14. The van der Waals surface area contributed by atoms with Gasteiger partial charge in [0, 0.05) is 11.1 Å². The minimum atomic E-state index is -0.381. The maximum Gasteiger partial charge on any atom is 0.257 e. The average molecular weight is 326 g/mol. The van der Waals surface area contributed by atoms with Gasteiger partial charge in [0.15, 0.2) is 0 Å². The number of hydrogen-bond donors (Lipinski definition) is 1. The van der Waals surface area contributed by atoms with Crippen molar-refractivity contribution >= 4 is 34.8 Å². The largest absolute Gasteiger partial charge is 0.497 e. The van der Waals surface area contributed by atoms with Crippen molar-refractivity contribution in [2.45, 2.75) is 0 Å². The maximum absolute atomic E-state index is 12.3. The molecule has 0 saturated heterocycles. The quantitative estimate of drug-likeness (QED) is 0.913. The maximum atomic E-state index is 12.3. The molecule has 0 atom stereocenters. The first kappa shape index (κ1) is 15.5. The second-order valence-electron chi connectivity index (χ2n) is 4.14. The predicted octanol–water partition coefficient (Wildman–Crippen LogP) is 4.26. The predicted molar refractivity (Wildman–Crippen MR) is 84.0 cm³/mol. The van der Waals surface area contributed by atoms with E-state index in [0.717, 1.165) is 0 Å². The first-order valence-electron chi connectivity index (χ1n) is 6.03. The Morgan fingerprint density at radius 2 is 1.81 bits per heavy atom. The highest BCUT2D eigenvalue weighted by atomic mass is 35.5. The fourth-order valence-electron chi connectivity index (χ4n) is 1.77. The minimum Gasteiger partial charge on any atom is -0.497 e. The molecule has 0 saturated carbocycles. The van der Waals surface area contributed by atoms with Crippen LogP contribution in [0.3, 0.4) is 0 Å². The third kappa shape index (κ3) is 3.60. The van der Waals surface area contributed by atoms with Gasteiger partial charge in [-0.3, -0.25) is 4.79 Å². The fourth-order valence-corrected chi connectivity index (χ4v) is 2.15. The molecule has 6 heteroatoms. The second kappa shape index (κ2) is 6.70. The van der Waals surface area contributed by atoms with E-state index in [1.165, 1.54) is 13.2 Å². The average Bonchev–Trinajstić information content (AvgIpc) is 2.49. The first-order chi connectivity index (χ1) is 10.0. The highest BCUT2D eigenvalue weighted by molar-refractivity contribution is 6.36. The van der Waals surface area contributed by atoms with Crippen molar-refractivity contribution in [2.75, 3.05) is 19.5 Å². The lowest BCUT2D eigenvalue weighted by Crippen LogP contribution is -2.13. The van der Waals surface area contributed by atoms with E-state index in [2.05, 4.69) is 5.32 Å². The zero-order chi connectivity index (χ0) is 15.4. The number of nitrogens with one attached hydrogen (secondary N) is 1. The molecule has 0 radical (unpaired) electrons. The van der Waals surface area contributed by atoms with Crippen LogP contribution in [0.4, 0.5) is 5.69 Å². The fraction of sp³-hybridized carbons (Fsp3) is 0.133. The number of rotatable bonds is 4. The molecule has 110 valence electrons. The molecule has 0 bridgehead atoms. The molecule has 1 N–H and O–H groups in total. The molecular weight excluding hydrogens is 313 g/mol. The number of carbonyl (C=O) groups is 1. The van der Waals surface area contributed by atoms with Gasteiger partial charge in [0.05, 0.1) is 30.5 Å². The summed E-state index contributed by atoms with van der Waals surface area (Å²) in [6.45, 7) is 0. The molecule has 0 aliphatic carbocycles. The van der Waals surface area contributed by atoms with E-state index in [-0.39, 0.29) is 11.5 Å². The van der Waals surface area contributed by atoms with Crippen LogP contribution in [0.15, 0.2) is 36.4 Å². The number of hydrogen-bond acceptors (Lipinski definition) is 3. The van der Waals surface area contributed by atoms with Gasteiger partial charge in [0.25, 0.3) is 5.91 Å². The van der Waals surface area contributed by atoms with E-state index >= 15 is 0 Å². The van der Waals surface area contributed by atoms with E-state index in [1.54, 1.807) is 37.4 Å². The Labute approximate surface area is 132 Å². The molecule has 0 unspecified atom stereocenters. The zero-order valence-corrected chi connectivity index (χ0v) is 13.0. The molecule has 0 heterocycles. The van der Waals surface area contributed by atoms with Gasteiger partial charge in [-0.25, -0.2) is 0 Å². The van der Waals surface area contributed by atoms with Crippen molar-refractivity contribution in [3.05, 3.63) is 52.0 Å². The van der Waals surface area contributed by atoms with Crippen LogP contribution < -0.4 is 14.8 Å². The summed E-state index contributed by atoms with van der Waals surface area (Å²) in [5, 5.41) is 3.48. The molecule has 0 aliphatic heterocycles. The summed E-state index contributed by atoms with van der Waals surface area (Å²) in [6.07, 6.45) is 0. The smallest absolute Gasteiger partial charge is 0.257 e. The van der Waals surface area contributed by atoms with Crippen molar-refractivity contribution in [2.24, 2.45) is 0 Å². The van der Waals surface area contributed by atoms with Crippen LogP contribution in [0.5, 0.6) is 11.5 Å². The number of amides is 1. The van der Waals surface area contributed by atoms with Crippen LogP contribution in [0.1, 0.15) is 10.4 Å². The molecule has 0 aromatic heterocycles. The van der Waals surface area contributed by atoms with Crippen LogP contribution >= 0.6 is 23.2 Å². The Balaban J connectivity index is 2.32. The molecule has 0 fully saturated rings. The van der Waals surface area contributed by atoms with Crippen LogP contribution in [-0.2, 0) is 0 Å². The van der Waals surface area contributed by atoms with E-state index in [1.807, 2.05) is 0 Å². The van der Waals surface area contributed by atoms with Crippen LogP contribution in [0, 0.1) is 0 Å². The summed E-state index contributed by atoms with van der Waals surface area (Å²) in [6, 6.07) is 9.80. The Morgan fingerprint density at radius 1 is 1.05 bits per heavy atom. The van der Waals surface area contributed by atoms with Gasteiger partial charge < -0.3 is 14.8 Å². The number of anilines is 1. The van der Waals surface area contributed by atoms with Gasteiger partial charge in [-0.2, -0.15) is 0 Å². The van der Waals surface area contributed by atoms with Crippen LogP contribution in [0.25, 0.3) is 0 Å². The Bertz CT molecular complexity index is 674. The lowest BCUT2D eigenvalue weighted by molar-refractivity contribution is 0.102. The third-order valence-electron chi connectivity index (χ3n) is 2.83. The summed E-state index contributed by atoms with van der Waals surface area (Å²) in [4.78, 5) is 12.3. The van der Waals surface area contributed by atoms with Crippen molar-refractivity contribution in [3.63, 3.8) is 0 Å². The zero-order valence-electron chi connectivity index (χ0n) is 11.4. The van der Waals surface area contributed by atoms with Gasteiger partial charge >= 0.3 is 0 Å².